The molecule has 5 nitrogen and oxygen atoms in total. The molecule has 0 spiro atoms. The molecule has 0 bridgehead atoms. The van der Waals surface area contributed by atoms with Crippen molar-refractivity contribution in [2.45, 2.75) is 19.1 Å². The van der Waals surface area contributed by atoms with Crippen molar-refractivity contribution in [3.63, 3.8) is 0 Å². The predicted molar refractivity (Wildman–Crippen MR) is 81.9 cm³/mol. The number of amides is 2. The molecule has 1 heterocycles. The largest absolute Gasteiger partial charge is 0.416 e. The van der Waals surface area contributed by atoms with Gasteiger partial charge in [-0.15, -0.1) is 0 Å². The van der Waals surface area contributed by atoms with Crippen molar-refractivity contribution < 1.29 is 22.8 Å². The van der Waals surface area contributed by atoms with E-state index in [0.717, 1.165) is 12.1 Å². The number of rotatable bonds is 6. The standard InChI is InChI=1S/C16H20F3N3O2/c1-20-5-6-21-15(24)12-8-14(23)22(10-12)9-11-3-2-4-13(7-11)16(17,18)19/h2-4,7,12,20H,5-6,8-10H2,1H3,(H,21,24). The van der Waals surface area contributed by atoms with Crippen molar-refractivity contribution in [1.29, 1.82) is 0 Å². The topological polar surface area (TPSA) is 61.4 Å². The smallest absolute Gasteiger partial charge is 0.355 e. The van der Waals surface area contributed by atoms with E-state index in [1.54, 1.807) is 13.1 Å². The molecule has 2 N–H and O–H groups in total. The highest BCUT2D eigenvalue weighted by atomic mass is 19.4. The first-order valence-corrected chi connectivity index (χ1v) is 7.67. The van der Waals surface area contributed by atoms with E-state index in [9.17, 15) is 22.8 Å². The minimum atomic E-state index is -4.42. The summed E-state index contributed by atoms with van der Waals surface area (Å²) >= 11 is 0. The zero-order chi connectivity index (χ0) is 17.7. The third kappa shape index (κ3) is 4.70. The van der Waals surface area contributed by atoms with E-state index in [1.165, 1.54) is 11.0 Å². The summed E-state index contributed by atoms with van der Waals surface area (Å²) in [6, 6.07) is 4.89. The zero-order valence-corrected chi connectivity index (χ0v) is 13.3. The van der Waals surface area contributed by atoms with Gasteiger partial charge in [-0.3, -0.25) is 9.59 Å². The molecule has 1 unspecified atom stereocenters. The maximum atomic E-state index is 12.7. The van der Waals surface area contributed by atoms with Gasteiger partial charge in [-0.1, -0.05) is 12.1 Å². The van der Waals surface area contributed by atoms with Crippen LogP contribution in [0.1, 0.15) is 17.5 Å². The average Bonchev–Trinajstić information content (AvgIpc) is 2.88. The van der Waals surface area contributed by atoms with Crippen LogP contribution >= 0.6 is 0 Å². The zero-order valence-electron chi connectivity index (χ0n) is 13.3. The molecular formula is C16H20F3N3O2. The van der Waals surface area contributed by atoms with Crippen molar-refractivity contribution in [3.8, 4) is 0 Å². The summed E-state index contributed by atoms with van der Waals surface area (Å²) in [6.07, 6.45) is -4.33. The molecule has 132 valence electrons. The minimum Gasteiger partial charge on any atom is -0.355 e. The van der Waals surface area contributed by atoms with E-state index < -0.39 is 17.7 Å². The normalized spacial score (nSPS) is 18.1. The van der Waals surface area contributed by atoms with Crippen molar-refractivity contribution >= 4 is 11.8 Å². The highest BCUT2D eigenvalue weighted by Crippen LogP contribution is 2.30. The number of hydrogen-bond acceptors (Lipinski definition) is 3. The molecule has 1 aliphatic rings. The van der Waals surface area contributed by atoms with E-state index in [2.05, 4.69) is 10.6 Å². The fraction of sp³-hybridized carbons (Fsp3) is 0.500. The van der Waals surface area contributed by atoms with Crippen LogP contribution in [0.5, 0.6) is 0 Å². The Bertz CT molecular complexity index is 604. The highest BCUT2D eigenvalue weighted by molar-refractivity contribution is 5.89. The Morgan fingerprint density at radius 3 is 2.75 bits per heavy atom. The van der Waals surface area contributed by atoms with Crippen LogP contribution in [-0.2, 0) is 22.3 Å². The number of hydrogen-bond donors (Lipinski definition) is 2. The summed E-state index contributed by atoms with van der Waals surface area (Å²) in [5.41, 5.74) is -0.345. The number of likely N-dealkylation sites (tertiary alicyclic amines) is 1. The van der Waals surface area contributed by atoms with Crippen molar-refractivity contribution in [2.24, 2.45) is 5.92 Å². The summed E-state index contributed by atoms with van der Waals surface area (Å²) in [4.78, 5) is 25.4. The van der Waals surface area contributed by atoms with Gasteiger partial charge in [0.15, 0.2) is 0 Å². The van der Waals surface area contributed by atoms with E-state index in [0.29, 0.717) is 18.7 Å². The predicted octanol–water partition coefficient (Wildman–Crippen LogP) is 1.39. The Morgan fingerprint density at radius 2 is 2.08 bits per heavy atom. The lowest BCUT2D eigenvalue weighted by molar-refractivity contribution is -0.137. The summed E-state index contributed by atoms with van der Waals surface area (Å²) in [5.74, 6) is -0.883. The maximum Gasteiger partial charge on any atom is 0.416 e. The first kappa shape index (κ1) is 18.3. The van der Waals surface area contributed by atoms with E-state index in [1.807, 2.05) is 0 Å². The lowest BCUT2D eigenvalue weighted by atomic mass is 10.1. The SMILES string of the molecule is CNCCNC(=O)C1CC(=O)N(Cc2cccc(C(F)(F)F)c2)C1. The van der Waals surface area contributed by atoms with Crippen LogP contribution in [0.25, 0.3) is 0 Å². The molecular weight excluding hydrogens is 323 g/mol. The van der Waals surface area contributed by atoms with E-state index >= 15 is 0 Å². The van der Waals surface area contributed by atoms with Gasteiger partial charge in [0.2, 0.25) is 11.8 Å². The third-order valence-corrected chi connectivity index (χ3v) is 3.89. The van der Waals surface area contributed by atoms with Crippen molar-refractivity contribution in [2.75, 3.05) is 26.7 Å². The number of alkyl halides is 3. The van der Waals surface area contributed by atoms with Gasteiger partial charge < -0.3 is 15.5 Å². The Kier molecular flexibility index (Phi) is 5.82. The lowest BCUT2D eigenvalue weighted by Crippen LogP contribution is -2.36. The quantitative estimate of drug-likeness (QED) is 0.768. The number of benzene rings is 1. The summed E-state index contributed by atoms with van der Waals surface area (Å²) in [5, 5.41) is 5.63. The van der Waals surface area contributed by atoms with Gasteiger partial charge in [-0.05, 0) is 24.7 Å². The molecule has 0 saturated carbocycles. The van der Waals surface area contributed by atoms with Gasteiger partial charge in [0.05, 0.1) is 11.5 Å². The van der Waals surface area contributed by atoms with Crippen LogP contribution in [0.4, 0.5) is 13.2 Å². The second-order valence-electron chi connectivity index (χ2n) is 5.77. The Hall–Kier alpha value is -2.09. The molecule has 1 aliphatic heterocycles. The van der Waals surface area contributed by atoms with Crippen LogP contribution in [-0.4, -0.2) is 43.4 Å². The molecule has 0 aromatic heterocycles. The third-order valence-electron chi connectivity index (χ3n) is 3.89. The summed E-state index contributed by atoms with van der Waals surface area (Å²) in [7, 11) is 1.77. The number of halogens is 3. The molecule has 0 radical (unpaired) electrons. The molecule has 2 amide bonds. The first-order valence-electron chi connectivity index (χ1n) is 7.67. The minimum absolute atomic E-state index is 0.0725. The number of carbonyl (C=O) groups excluding carboxylic acids is 2. The number of nitrogens with zero attached hydrogens (tertiary/aromatic N) is 1. The molecule has 1 aromatic rings. The highest BCUT2D eigenvalue weighted by Gasteiger charge is 2.35. The van der Waals surface area contributed by atoms with E-state index in [4.69, 9.17) is 0 Å². The molecule has 2 rings (SSSR count). The van der Waals surface area contributed by atoms with Crippen molar-refractivity contribution in [3.05, 3.63) is 35.4 Å². The number of nitrogens with one attached hydrogen (secondary N) is 2. The molecule has 1 atom stereocenters. The van der Waals surface area contributed by atoms with Gasteiger partial charge in [0.25, 0.3) is 0 Å². The lowest BCUT2D eigenvalue weighted by Gasteiger charge is -2.17. The van der Waals surface area contributed by atoms with Gasteiger partial charge in [-0.2, -0.15) is 13.2 Å². The fourth-order valence-electron chi connectivity index (χ4n) is 2.62. The number of carbonyl (C=O) groups is 2. The van der Waals surface area contributed by atoms with Crippen LogP contribution in [0.15, 0.2) is 24.3 Å². The molecule has 1 fully saturated rings. The molecule has 1 aromatic carbocycles. The van der Waals surface area contributed by atoms with Gasteiger partial charge in [-0.25, -0.2) is 0 Å². The Balaban J connectivity index is 1.96. The molecule has 24 heavy (non-hydrogen) atoms. The van der Waals surface area contributed by atoms with Crippen LogP contribution in [0.3, 0.4) is 0 Å². The van der Waals surface area contributed by atoms with Gasteiger partial charge in [0.1, 0.15) is 0 Å². The second kappa shape index (κ2) is 7.65. The molecule has 1 saturated heterocycles. The molecule has 8 heteroatoms. The van der Waals surface area contributed by atoms with Gasteiger partial charge >= 0.3 is 6.18 Å². The Labute approximate surface area is 138 Å². The summed E-state index contributed by atoms with van der Waals surface area (Å²) < 4.78 is 38.2. The fourth-order valence-corrected chi connectivity index (χ4v) is 2.62. The number of likely N-dealkylation sites (N-methyl/N-ethyl adjacent to an activating group) is 1. The second-order valence-corrected chi connectivity index (χ2v) is 5.77. The maximum absolute atomic E-state index is 12.7. The van der Waals surface area contributed by atoms with Crippen LogP contribution in [0, 0.1) is 5.92 Å². The van der Waals surface area contributed by atoms with Crippen LogP contribution in [0.2, 0.25) is 0 Å². The van der Waals surface area contributed by atoms with Crippen molar-refractivity contribution in [1.82, 2.24) is 15.5 Å². The monoisotopic (exact) mass is 343 g/mol. The first-order chi connectivity index (χ1) is 11.3. The Morgan fingerprint density at radius 1 is 1.33 bits per heavy atom. The van der Waals surface area contributed by atoms with Gasteiger partial charge in [0, 0.05) is 32.6 Å². The molecule has 0 aliphatic carbocycles. The average molecular weight is 343 g/mol. The van der Waals surface area contributed by atoms with Crippen LogP contribution < -0.4 is 10.6 Å². The van der Waals surface area contributed by atoms with E-state index in [-0.39, 0.29) is 31.3 Å². The summed E-state index contributed by atoms with van der Waals surface area (Å²) in [6.45, 7) is 1.39.